The lowest BCUT2D eigenvalue weighted by Gasteiger charge is -2.08. The van der Waals surface area contributed by atoms with Crippen molar-refractivity contribution in [1.29, 1.82) is 0 Å². The van der Waals surface area contributed by atoms with Gasteiger partial charge in [-0.25, -0.2) is 4.39 Å². The number of rotatable bonds is 8. The maximum Gasteiger partial charge on any atom is 0.123 e. The van der Waals surface area contributed by atoms with Crippen molar-refractivity contribution in [3.05, 3.63) is 35.1 Å². The van der Waals surface area contributed by atoms with Crippen LogP contribution >= 0.6 is 0 Å². The van der Waals surface area contributed by atoms with Crippen molar-refractivity contribution in [3.63, 3.8) is 0 Å². The summed E-state index contributed by atoms with van der Waals surface area (Å²) >= 11 is 0. The predicted molar refractivity (Wildman–Crippen MR) is 67.6 cm³/mol. The maximum absolute atomic E-state index is 13.0. The van der Waals surface area contributed by atoms with Gasteiger partial charge in [0.05, 0.1) is 6.61 Å². The van der Waals surface area contributed by atoms with E-state index in [9.17, 15) is 4.39 Å². The molecule has 0 aliphatic carbocycles. The smallest absolute Gasteiger partial charge is 0.123 e. The summed E-state index contributed by atoms with van der Waals surface area (Å²) in [6.07, 6.45) is 0. The summed E-state index contributed by atoms with van der Waals surface area (Å²) in [4.78, 5) is 0. The SMILES string of the molecule is COCCNCCNCc1cc(F)ccc1C. The molecule has 0 atom stereocenters. The summed E-state index contributed by atoms with van der Waals surface area (Å²) in [7, 11) is 1.69. The monoisotopic (exact) mass is 240 g/mol. The first-order valence-corrected chi connectivity index (χ1v) is 5.89. The van der Waals surface area contributed by atoms with Crippen LogP contribution in [-0.2, 0) is 11.3 Å². The lowest BCUT2D eigenvalue weighted by Crippen LogP contribution is -2.29. The second-order valence-electron chi connectivity index (χ2n) is 3.99. The Morgan fingerprint density at radius 1 is 1.18 bits per heavy atom. The first-order chi connectivity index (χ1) is 8.24. The van der Waals surface area contributed by atoms with Crippen molar-refractivity contribution in [2.45, 2.75) is 13.5 Å². The van der Waals surface area contributed by atoms with E-state index >= 15 is 0 Å². The highest BCUT2D eigenvalue weighted by Crippen LogP contribution is 2.09. The molecular weight excluding hydrogens is 219 g/mol. The van der Waals surface area contributed by atoms with Crippen molar-refractivity contribution in [2.24, 2.45) is 0 Å². The predicted octanol–water partition coefficient (Wildman–Crippen LogP) is 1.46. The molecule has 0 amide bonds. The molecule has 17 heavy (non-hydrogen) atoms. The highest BCUT2D eigenvalue weighted by Gasteiger charge is 1.99. The number of hydrogen-bond donors (Lipinski definition) is 2. The molecule has 0 fully saturated rings. The van der Waals surface area contributed by atoms with Crippen LogP contribution in [-0.4, -0.2) is 33.4 Å². The summed E-state index contributed by atoms with van der Waals surface area (Å²) in [5, 5.41) is 6.51. The molecular formula is C13H21FN2O. The minimum Gasteiger partial charge on any atom is -0.383 e. The van der Waals surface area contributed by atoms with E-state index in [-0.39, 0.29) is 5.82 Å². The highest BCUT2D eigenvalue weighted by atomic mass is 19.1. The summed E-state index contributed by atoms with van der Waals surface area (Å²) in [6, 6.07) is 4.88. The summed E-state index contributed by atoms with van der Waals surface area (Å²) in [5.74, 6) is -0.175. The third-order valence-electron chi connectivity index (χ3n) is 2.59. The third kappa shape index (κ3) is 5.77. The lowest BCUT2D eigenvalue weighted by atomic mass is 10.1. The van der Waals surface area contributed by atoms with Crippen LogP contribution < -0.4 is 10.6 Å². The summed E-state index contributed by atoms with van der Waals surface area (Å²) in [6.45, 7) is 6.03. The van der Waals surface area contributed by atoms with E-state index in [1.807, 2.05) is 13.0 Å². The molecule has 0 aliphatic rings. The van der Waals surface area contributed by atoms with E-state index in [0.717, 1.165) is 37.4 Å². The molecule has 1 aromatic carbocycles. The first kappa shape index (κ1) is 14.1. The van der Waals surface area contributed by atoms with E-state index in [0.29, 0.717) is 6.54 Å². The van der Waals surface area contributed by atoms with Crippen LogP contribution in [0.25, 0.3) is 0 Å². The molecule has 1 aromatic rings. The number of benzene rings is 1. The average molecular weight is 240 g/mol. The van der Waals surface area contributed by atoms with E-state index in [1.165, 1.54) is 6.07 Å². The van der Waals surface area contributed by atoms with Crippen molar-refractivity contribution in [1.82, 2.24) is 10.6 Å². The van der Waals surface area contributed by atoms with Gasteiger partial charge in [0.25, 0.3) is 0 Å². The largest absolute Gasteiger partial charge is 0.383 e. The molecule has 0 bridgehead atoms. The third-order valence-corrected chi connectivity index (χ3v) is 2.59. The Morgan fingerprint density at radius 2 is 1.94 bits per heavy atom. The molecule has 0 aliphatic heterocycles. The van der Waals surface area contributed by atoms with Gasteiger partial charge < -0.3 is 15.4 Å². The second-order valence-corrected chi connectivity index (χ2v) is 3.99. The van der Waals surface area contributed by atoms with Gasteiger partial charge in [-0.3, -0.25) is 0 Å². The van der Waals surface area contributed by atoms with E-state index in [1.54, 1.807) is 13.2 Å². The van der Waals surface area contributed by atoms with Gasteiger partial charge in [0.1, 0.15) is 5.82 Å². The number of halogens is 1. The Hall–Kier alpha value is -0.970. The van der Waals surface area contributed by atoms with Gasteiger partial charge in [0, 0.05) is 33.3 Å². The summed E-state index contributed by atoms with van der Waals surface area (Å²) < 4.78 is 17.9. The molecule has 96 valence electrons. The number of methoxy groups -OCH3 is 1. The van der Waals surface area contributed by atoms with Gasteiger partial charge in [-0.05, 0) is 30.2 Å². The van der Waals surface area contributed by atoms with E-state index in [4.69, 9.17) is 4.74 Å². The number of ether oxygens (including phenoxy) is 1. The van der Waals surface area contributed by atoms with Crippen LogP contribution in [0.5, 0.6) is 0 Å². The van der Waals surface area contributed by atoms with Crippen LogP contribution in [0, 0.1) is 12.7 Å². The number of nitrogens with one attached hydrogen (secondary N) is 2. The first-order valence-electron chi connectivity index (χ1n) is 5.89. The fourth-order valence-corrected chi connectivity index (χ4v) is 1.53. The zero-order valence-corrected chi connectivity index (χ0v) is 10.6. The minimum absolute atomic E-state index is 0.175. The zero-order valence-electron chi connectivity index (χ0n) is 10.6. The molecule has 2 N–H and O–H groups in total. The van der Waals surface area contributed by atoms with Gasteiger partial charge in [-0.15, -0.1) is 0 Å². The Bertz CT molecular complexity index is 331. The Labute approximate surface area is 102 Å². The normalized spacial score (nSPS) is 10.8. The second kappa shape index (κ2) is 8.17. The molecule has 3 nitrogen and oxygen atoms in total. The number of hydrogen-bond acceptors (Lipinski definition) is 3. The minimum atomic E-state index is -0.175. The Balaban J connectivity index is 2.15. The van der Waals surface area contributed by atoms with Crippen LogP contribution in [0.2, 0.25) is 0 Å². The molecule has 0 spiro atoms. The van der Waals surface area contributed by atoms with Gasteiger partial charge in [0.2, 0.25) is 0 Å². The average Bonchev–Trinajstić information content (AvgIpc) is 2.32. The molecule has 0 heterocycles. The molecule has 4 heteroatoms. The van der Waals surface area contributed by atoms with Crippen LogP contribution in [0.4, 0.5) is 4.39 Å². The fraction of sp³-hybridized carbons (Fsp3) is 0.538. The van der Waals surface area contributed by atoms with Crippen LogP contribution in [0.3, 0.4) is 0 Å². The van der Waals surface area contributed by atoms with Crippen molar-refractivity contribution < 1.29 is 9.13 Å². The molecule has 0 saturated carbocycles. The standard InChI is InChI=1S/C13H21FN2O/c1-11-3-4-13(14)9-12(11)10-16-6-5-15-7-8-17-2/h3-4,9,15-16H,5-8,10H2,1-2H3. The van der Waals surface area contributed by atoms with Crippen molar-refractivity contribution >= 4 is 0 Å². The fourth-order valence-electron chi connectivity index (χ4n) is 1.53. The molecule has 0 radical (unpaired) electrons. The lowest BCUT2D eigenvalue weighted by molar-refractivity contribution is 0.199. The van der Waals surface area contributed by atoms with Gasteiger partial charge in [-0.2, -0.15) is 0 Å². The van der Waals surface area contributed by atoms with Gasteiger partial charge in [-0.1, -0.05) is 6.07 Å². The van der Waals surface area contributed by atoms with E-state index in [2.05, 4.69) is 10.6 Å². The molecule has 1 rings (SSSR count). The number of aryl methyl sites for hydroxylation is 1. The van der Waals surface area contributed by atoms with Gasteiger partial charge in [0.15, 0.2) is 0 Å². The molecule has 0 aromatic heterocycles. The Kier molecular flexibility index (Phi) is 6.77. The van der Waals surface area contributed by atoms with Gasteiger partial charge >= 0.3 is 0 Å². The Morgan fingerprint density at radius 3 is 2.71 bits per heavy atom. The van der Waals surface area contributed by atoms with Crippen LogP contribution in [0.15, 0.2) is 18.2 Å². The zero-order chi connectivity index (χ0) is 12.5. The topological polar surface area (TPSA) is 33.3 Å². The summed E-state index contributed by atoms with van der Waals surface area (Å²) in [5.41, 5.74) is 2.13. The molecule has 0 saturated heterocycles. The highest BCUT2D eigenvalue weighted by molar-refractivity contribution is 5.26. The van der Waals surface area contributed by atoms with Crippen LogP contribution in [0.1, 0.15) is 11.1 Å². The van der Waals surface area contributed by atoms with Crippen molar-refractivity contribution in [3.8, 4) is 0 Å². The van der Waals surface area contributed by atoms with E-state index < -0.39 is 0 Å². The maximum atomic E-state index is 13.0. The van der Waals surface area contributed by atoms with Crippen molar-refractivity contribution in [2.75, 3.05) is 33.4 Å². The quantitative estimate of drug-likeness (QED) is 0.675. The molecule has 0 unspecified atom stereocenters.